The first-order valence-corrected chi connectivity index (χ1v) is 6.67. The standard InChI is InChI=1S/C13H23N3O2/c1-17-7-4-14-8-13-9-15-16(11-13)10-12-2-5-18-6-3-12/h9,11-12,14H,2-8,10H2,1H3. The Bertz CT molecular complexity index is 335. The fourth-order valence-electron chi connectivity index (χ4n) is 2.20. The van der Waals surface area contributed by atoms with Crippen molar-refractivity contribution in [2.75, 3.05) is 33.5 Å². The lowest BCUT2D eigenvalue weighted by Gasteiger charge is -2.21. The second-order valence-electron chi connectivity index (χ2n) is 4.80. The van der Waals surface area contributed by atoms with Crippen LogP contribution in [0.15, 0.2) is 12.4 Å². The van der Waals surface area contributed by atoms with Gasteiger partial charge in [0, 0.05) is 51.7 Å². The number of rotatable bonds is 7. The lowest BCUT2D eigenvalue weighted by molar-refractivity contribution is 0.0601. The molecule has 0 saturated carbocycles. The molecular formula is C13H23N3O2. The molecule has 1 fully saturated rings. The van der Waals surface area contributed by atoms with Crippen molar-refractivity contribution >= 4 is 0 Å². The summed E-state index contributed by atoms with van der Waals surface area (Å²) in [6.45, 7) is 5.30. The quantitative estimate of drug-likeness (QED) is 0.738. The van der Waals surface area contributed by atoms with E-state index < -0.39 is 0 Å². The third-order valence-corrected chi connectivity index (χ3v) is 3.28. The molecule has 1 aliphatic heterocycles. The van der Waals surface area contributed by atoms with Crippen LogP contribution in [0.25, 0.3) is 0 Å². The summed E-state index contributed by atoms with van der Waals surface area (Å²) in [6, 6.07) is 0. The van der Waals surface area contributed by atoms with E-state index in [1.54, 1.807) is 7.11 Å². The van der Waals surface area contributed by atoms with Gasteiger partial charge in [0.1, 0.15) is 0 Å². The van der Waals surface area contributed by atoms with E-state index in [0.717, 1.165) is 52.3 Å². The highest BCUT2D eigenvalue weighted by Crippen LogP contribution is 2.16. The average molecular weight is 253 g/mol. The SMILES string of the molecule is COCCNCc1cnn(CC2CCOCC2)c1. The highest BCUT2D eigenvalue weighted by molar-refractivity contribution is 5.03. The molecule has 102 valence electrons. The van der Waals surface area contributed by atoms with Gasteiger partial charge in [-0.25, -0.2) is 0 Å². The zero-order valence-corrected chi connectivity index (χ0v) is 11.1. The van der Waals surface area contributed by atoms with E-state index in [1.165, 1.54) is 5.56 Å². The molecule has 0 aromatic carbocycles. The van der Waals surface area contributed by atoms with Gasteiger partial charge in [-0.15, -0.1) is 0 Å². The van der Waals surface area contributed by atoms with Crippen LogP contribution in [0.4, 0.5) is 0 Å². The zero-order chi connectivity index (χ0) is 12.6. The topological polar surface area (TPSA) is 48.3 Å². The smallest absolute Gasteiger partial charge is 0.0587 e. The summed E-state index contributed by atoms with van der Waals surface area (Å²) in [4.78, 5) is 0. The number of hydrogen-bond donors (Lipinski definition) is 1. The van der Waals surface area contributed by atoms with Gasteiger partial charge in [0.15, 0.2) is 0 Å². The summed E-state index contributed by atoms with van der Waals surface area (Å²) in [7, 11) is 1.72. The molecule has 5 heteroatoms. The van der Waals surface area contributed by atoms with Crippen molar-refractivity contribution in [2.45, 2.75) is 25.9 Å². The van der Waals surface area contributed by atoms with Crippen molar-refractivity contribution in [1.29, 1.82) is 0 Å². The van der Waals surface area contributed by atoms with Crippen molar-refractivity contribution in [1.82, 2.24) is 15.1 Å². The Kier molecular flexibility index (Phi) is 5.64. The van der Waals surface area contributed by atoms with E-state index in [2.05, 4.69) is 21.3 Å². The van der Waals surface area contributed by atoms with Gasteiger partial charge in [0.25, 0.3) is 0 Å². The first kappa shape index (κ1) is 13.5. The minimum absolute atomic E-state index is 0.716. The minimum atomic E-state index is 0.716. The van der Waals surface area contributed by atoms with Crippen LogP contribution in [0.1, 0.15) is 18.4 Å². The molecule has 2 heterocycles. The van der Waals surface area contributed by atoms with Gasteiger partial charge in [-0.2, -0.15) is 5.10 Å². The van der Waals surface area contributed by atoms with E-state index >= 15 is 0 Å². The van der Waals surface area contributed by atoms with Crippen LogP contribution >= 0.6 is 0 Å². The summed E-state index contributed by atoms with van der Waals surface area (Å²) in [5.74, 6) is 0.716. The van der Waals surface area contributed by atoms with Crippen molar-refractivity contribution < 1.29 is 9.47 Å². The molecule has 1 aromatic rings. The Morgan fingerprint density at radius 1 is 1.50 bits per heavy atom. The van der Waals surface area contributed by atoms with Crippen LogP contribution in [-0.4, -0.2) is 43.3 Å². The van der Waals surface area contributed by atoms with E-state index in [4.69, 9.17) is 9.47 Å². The number of nitrogens with zero attached hydrogens (tertiary/aromatic N) is 2. The molecule has 0 radical (unpaired) electrons. The second kappa shape index (κ2) is 7.51. The van der Waals surface area contributed by atoms with Crippen LogP contribution in [-0.2, 0) is 22.6 Å². The Morgan fingerprint density at radius 3 is 3.11 bits per heavy atom. The second-order valence-corrected chi connectivity index (χ2v) is 4.80. The van der Waals surface area contributed by atoms with Gasteiger partial charge in [-0.1, -0.05) is 0 Å². The number of ether oxygens (including phenoxy) is 2. The molecule has 0 amide bonds. The monoisotopic (exact) mass is 253 g/mol. The van der Waals surface area contributed by atoms with E-state index in [-0.39, 0.29) is 0 Å². The molecule has 0 aliphatic carbocycles. The van der Waals surface area contributed by atoms with Gasteiger partial charge in [0.2, 0.25) is 0 Å². The molecule has 0 unspecified atom stereocenters. The lowest BCUT2D eigenvalue weighted by Crippen LogP contribution is -2.20. The van der Waals surface area contributed by atoms with Crippen molar-refractivity contribution in [3.8, 4) is 0 Å². The highest BCUT2D eigenvalue weighted by Gasteiger charge is 2.14. The van der Waals surface area contributed by atoms with Crippen LogP contribution in [0.3, 0.4) is 0 Å². The molecule has 0 atom stereocenters. The first-order chi connectivity index (χ1) is 8.88. The third-order valence-electron chi connectivity index (χ3n) is 3.28. The van der Waals surface area contributed by atoms with Gasteiger partial charge in [-0.3, -0.25) is 4.68 Å². The van der Waals surface area contributed by atoms with Crippen molar-refractivity contribution in [2.24, 2.45) is 5.92 Å². The molecular weight excluding hydrogens is 230 g/mol. The first-order valence-electron chi connectivity index (χ1n) is 6.67. The molecule has 1 N–H and O–H groups in total. The summed E-state index contributed by atoms with van der Waals surface area (Å²) in [6.07, 6.45) is 6.39. The van der Waals surface area contributed by atoms with E-state index in [9.17, 15) is 0 Å². The molecule has 0 bridgehead atoms. The fourth-order valence-corrected chi connectivity index (χ4v) is 2.20. The number of nitrogens with one attached hydrogen (secondary N) is 1. The fraction of sp³-hybridized carbons (Fsp3) is 0.769. The Labute approximate surface area is 108 Å². The third kappa shape index (κ3) is 4.40. The molecule has 2 rings (SSSR count). The minimum Gasteiger partial charge on any atom is -0.383 e. The van der Waals surface area contributed by atoms with Crippen LogP contribution in [0, 0.1) is 5.92 Å². The number of aromatic nitrogens is 2. The molecule has 1 saturated heterocycles. The van der Waals surface area contributed by atoms with E-state index in [1.807, 2.05) is 6.20 Å². The van der Waals surface area contributed by atoms with Crippen LogP contribution in [0.5, 0.6) is 0 Å². The average Bonchev–Trinajstić information content (AvgIpc) is 2.84. The normalized spacial score (nSPS) is 17.2. The summed E-state index contributed by atoms with van der Waals surface area (Å²) < 4.78 is 12.4. The maximum atomic E-state index is 5.37. The molecule has 1 aliphatic rings. The van der Waals surface area contributed by atoms with Crippen molar-refractivity contribution in [3.63, 3.8) is 0 Å². The number of hydrogen-bond acceptors (Lipinski definition) is 4. The maximum Gasteiger partial charge on any atom is 0.0587 e. The maximum absolute atomic E-state index is 5.37. The van der Waals surface area contributed by atoms with Crippen LogP contribution < -0.4 is 5.32 Å². The van der Waals surface area contributed by atoms with Crippen molar-refractivity contribution in [3.05, 3.63) is 18.0 Å². The lowest BCUT2D eigenvalue weighted by atomic mass is 10.0. The summed E-state index contributed by atoms with van der Waals surface area (Å²) in [5, 5.41) is 7.74. The number of methoxy groups -OCH3 is 1. The van der Waals surface area contributed by atoms with Crippen LogP contribution in [0.2, 0.25) is 0 Å². The van der Waals surface area contributed by atoms with Gasteiger partial charge in [-0.05, 0) is 18.8 Å². The van der Waals surface area contributed by atoms with Gasteiger partial charge < -0.3 is 14.8 Å². The Morgan fingerprint density at radius 2 is 2.33 bits per heavy atom. The largest absolute Gasteiger partial charge is 0.383 e. The summed E-state index contributed by atoms with van der Waals surface area (Å²) in [5.41, 5.74) is 1.23. The Balaban J connectivity index is 1.71. The molecule has 18 heavy (non-hydrogen) atoms. The molecule has 1 aromatic heterocycles. The predicted molar refractivity (Wildman–Crippen MR) is 69.4 cm³/mol. The van der Waals surface area contributed by atoms with Gasteiger partial charge in [0.05, 0.1) is 12.8 Å². The Hall–Kier alpha value is -0.910. The highest BCUT2D eigenvalue weighted by atomic mass is 16.5. The molecule has 5 nitrogen and oxygen atoms in total. The van der Waals surface area contributed by atoms with Gasteiger partial charge >= 0.3 is 0 Å². The van der Waals surface area contributed by atoms with E-state index in [0.29, 0.717) is 5.92 Å². The predicted octanol–water partition coefficient (Wildman–Crippen LogP) is 1.05. The molecule has 0 spiro atoms. The zero-order valence-electron chi connectivity index (χ0n) is 11.1. The summed E-state index contributed by atoms with van der Waals surface area (Å²) >= 11 is 0.